The predicted molar refractivity (Wildman–Crippen MR) is 64.9 cm³/mol. The van der Waals surface area contributed by atoms with E-state index in [1.807, 2.05) is 0 Å². The number of hydrogen-bond donors (Lipinski definition) is 2. The number of rotatable bonds is 0. The van der Waals surface area contributed by atoms with Crippen molar-refractivity contribution < 1.29 is 4.42 Å². The second-order valence-corrected chi connectivity index (χ2v) is 4.81. The van der Waals surface area contributed by atoms with Crippen LogP contribution in [0.5, 0.6) is 0 Å². The third-order valence-corrected chi connectivity index (χ3v) is 3.46. The Balaban J connectivity index is 2.50. The maximum Gasteiger partial charge on any atom is 0.340 e. The van der Waals surface area contributed by atoms with Gasteiger partial charge in [-0.2, -0.15) is 0 Å². The minimum absolute atomic E-state index is 0.0263. The summed E-state index contributed by atoms with van der Waals surface area (Å²) in [5.74, 6) is 0.411. The molecule has 2 aromatic heterocycles. The first kappa shape index (κ1) is 11.0. The molecular formula is C12H12N2O4. The lowest BCUT2D eigenvalue weighted by Gasteiger charge is -2.20. The molecule has 1 aliphatic carbocycles. The van der Waals surface area contributed by atoms with Crippen molar-refractivity contribution in [3.8, 4) is 0 Å². The normalized spacial score (nSPS) is 18.8. The highest BCUT2D eigenvalue weighted by molar-refractivity contribution is 5.76. The highest BCUT2D eigenvalue weighted by Crippen LogP contribution is 2.26. The van der Waals surface area contributed by atoms with Crippen LogP contribution in [0.4, 0.5) is 0 Å². The van der Waals surface area contributed by atoms with Crippen LogP contribution in [0.25, 0.3) is 11.1 Å². The van der Waals surface area contributed by atoms with Crippen molar-refractivity contribution in [1.29, 1.82) is 0 Å². The fourth-order valence-corrected chi connectivity index (χ4v) is 2.56. The summed E-state index contributed by atoms with van der Waals surface area (Å²) in [6.45, 7) is 2.07. The minimum atomic E-state index is -0.667. The number of H-pyrrole nitrogens is 2. The van der Waals surface area contributed by atoms with Gasteiger partial charge in [0.1, 0.15) is 5.39 Å². The van der Waals surface area contributed by atoms with Crippen LogP contribution in [0.15, 0.2) is 18.8 Å². The summed E-state index contributed by atoms with van der Waals surface area (Å²) in [5.41, 5.74) is -0.356. The van der Waals surface area contributed by atoms with E-state index in [9.17, 15) is 14.4 Å². The predicted octanol–water partition coefficient (Wildman–Crippen LogP) is 0.294. The van der Waals surface area contributed by atoms with Gasteiger partial charge < -0.3 is 4.42 Å². The summed E-state index contributed by atoms with van der Waals surface area (Å²) in [4.78, 5) is 39.4. The first-order valence-corrected chi connectivity index (χ1v) is 5.87. The van der Waals surface area contributed by atoms with E-state index in [0.717, 1.165) is 12.0 Å². The molecule has 0 radical (unpaired) electrons. The third kappa shape index (κ3) is 1.53. The first-order chi connectivity index (χ1) is 8.56. The van der Waals surface area contributed by atoms with Crippen molar-refractivity contribution in [1.82, 2.24) is 9.97 Å². The molecule has 0 spiro atoms. The Morgan fingerprint density at radius 3 is 2.72 bits per heavy atom. The lowest BCUT2D eigenvalue weighted by atomic mass is 9.85. The molecule has 0 amide bonds. The molecule has 3 rings (SSSR count). The molecule has 0 saturated heterocycles. The van der Waals surface area contributed by atoms with Crippen molar-refractivity contribution in [2.75, 3.05) is 0 Å². The van der Waals surface area contributed by atoms with Crippen molar-refractivity contribution >= 4 is 11.1 Å². The zero-order chi connectivity index (χ0) is 12.9. The molecule has 0 aliphatic heterocycles. The summed E-state index contributed by atoms with van der Waals surface area (Å²) in [6.07, 6.45) is 2.18. The van der Waals surface area contributed by atoms with Gasteiger partial charge in [-0.15, -0.1) is 0 Å². The Morgan fingerprint density at radius 2 is 1.94 bits per heavy atom. The largest absolute Gasteiger partial charge is 0.405 e. The van der Waals surface area contributed by atoms with E-state index >= 15 is 0 Å². The summed E-state index contributed by atoms with van der Waals surface area (Å²) < 4.78 is 5.03. The second-order valence-electron chi connectivity index (χ2n) is 4.81. The minimum Gasteiger partial charge on any atom is -0.405 e. The van der Waals surface area contributed by atoms with Crippen LogP contribution in [0.1, 0.15) is 24.5 Å². The van der Waals surface area contributed by atoms with Gasteiger partial charge in [-0.25, -0.2) is 9.59 Å². The molecule has 2 aromatic rings. The van der Waals surface area contributed by atoms with Gasteiger partial charge in [0.2, 0.25) is 5.71 Å². The standard InChI is InChI=1S/C12H12N2O4/c1-5-2-3-6-7(4-5)8-9(15)13-12(17)14-10(8)18-11(6)16/h5H,2-4H2,1H3,(H2,13,14,15,17)/t5-/m0/s1. The number of nitrogens with one attached hydrogen (secondary N) is 2. The van der Waals surface area contributed by atoms with E-state index in [1.165, 1.54) is 0 Å². The Labute approximate surface area is 101 Å². The lowest BCUT2D eigenvalue weighted by Crippen LogP contribution is -2.28. The lowest BCUT2D eigenvalue weighted by molar-refractivity contribution is 0.470. The van der Waals surface area contributed by atoms with E-state index in [-0.39, 0.29) is 5.71 Å². The van der Waals surface area contributed by atoms with E-state index in [2.05, 4.69) is 16.9 Å². The van der Waals surface area contributed by atoms with Crippen LogP contribution in [0.3, 0.4) is 0 Å². The molecule has 0 saturated carbocycles. The van der Waals surface area contributed by atoms with Crippen molar-refractivity contribution in [2.24, 2.45) is 5.92 Å². The molecular weight excluding hydrogens is 236 g/mol. The van der Waals surface area contributed by atoms with Gasteiger partial charge >= 0.3 is 11.3 Å². The van der Waals surface area contributed by atoms with Gasteiger partial charge in [0.25, 0.3) is 5.56 Å². The molecule has 94 valence electrons. The van der Waals surface area contributed by atoms with Gasteiger partial charge in [0.05, 0.1) is 0 Å². The molecule has 1 aliphatic rings. The topological polar surface area (TPSA) is 95.9 Å². The fourth-order valence-electron chi connectivity index (χ4n) is 2.56. The Kier molecular flexibility index (Phi) is 2.26. The molecule has 0 fully saturated rings. The van der Waals surface area contributed by atoms with Crippen LogP contribution in [0, 0.1) is 5.92 Å². The number of hydrogen-bond acceptors (Lipinski definition) is 4. The Hall–Kier alpha value is -2.11. The quantitative estimate of drug-likeness (QED) is 0.700. The summed E-state index contributed by atoms with van der Waals surface area (Å²) in [6, 6.07) is 0. The van der Waals surface area contributed by atoms with E-state index in [1.54, 1.807) is 0 Å². The molecule has 0 aromatic carbocycles. The van der Waals surface area contributed by atoms with Gasteiger partial charge in [0.15, 0.2) is 0 Å². The highest BCUT2D eigenvalue weighted by atomic mass is 16.4. The van der Waals surface area contributed by atoms with Gasteiger partial charge in [0, 0.05) is 5.56 Å². The van der Waals surface area contributed by atoms with E-state index < -0.39 is 16.9 Å². The number of aromatic amines is 2. The molecule has 2 heterocycles. The van der Waals surface area contributed by atoms with Crippen molar-refractivity contribution in [3.05, 3.63) is 42.4 Å². The third-order valence-electron chi connectivity index (χ3n) is 3.46. The van der Waals surface area contributed by atoms with Crippen LogP contribution >= 0.6 is 0 Å². The fraction of sp³-hybridized carbons (Fsp3) is 0.417. The van der Waals surface area contributed by atoms with Gasteiger partial charge in [-0.3, -0.25) is 14.8 Å². The van der Waals surface area contributed by atoms with Crippen LogP contribution in [-0.4, -0.2) is 9.97 Å². The average molecular weight is 248 g/mol. The molecule has 0 unspecified atom stereocenters. The molecule has 18 heavy (non-hydrogen) atoms. The van der Waals surface area contributed by atoms with Crippen molar-refractivity contribution in [2.45, 2.75) is 26.2 Å². The summed E-state index contributed by atoms with van der Waals surface area (Å²) in [5, 5.41) is 0.302. The van der Waals surface area contributed by atoms with E-state index in [0.29, 0.717) is 29.7 Å². The number of fused-ring (bicyclic) bond motifs is 3. The Morgan fingerprint density at radius 1 is 1.17 bits per heavy atom. The maximum absolute atomic E-state index is 11.9. The van der Waals surface area contributed by atoms with Gasteiger partial charge in [-0.05, 0) is 30.7 Å². The van der Waals surface area contributed by atoms with Crippen molar-refractivity contribution in [3.63, 3.8) is 0 Å². The smallest absolute Gasteiger partial charge is 0.340 e. The van der Waals surface area contributed by atoms with Gasteiger partial charge in [-0.1, -0.05) is 6.92 Å². The monoisotopic (exact) mass is 248 g/mol. The molecule has 2 N–H and O–H groups in total. The zero-order valence-electron chi connectivity index (χ0n) is 9.83. The van der Waals surface area contributed by atoms with Crippen LogP contribution in [0.2, 0.25) is 0 Å². The van der Waals surface area contributed by atoms with Crippen LogP contribution in [-0.2, 0) is 12.8 Å². The second kappa shape index (κ2) is 3.69. The van der Waals surface area contributed by atoms with E-state index in [4.69, 9.17) is 4.42 Å². The maximum atomic E-state index is 11.9. The molecule has 0 bridgehead atoms. The Bertz CT molecular complexity index is 796. The molecule has 6 heteroatoms. The first-order valence-electron chi connectivity index (χ1n) is 5.87. The highest BCUT2D eigenvalue weighted by Gasteiger charge is 2.23. The SMILES string of the molecule is C[C@H]1CCc2c(c3c(=O)[nH]c(=O)[nH]c3oc2=O)C1. The zero-order valence-corrected chi connectivity index (χ0v) is 9.83. The summed E-state index contributed by atoms with van der Waals surface area (Å²) in [7, 11) is 0. The molecule has 1 atom stereocenters. The number of aromatic nitrogens is 2. The van der Waals surface area contributed by atoms with Crippen LogP contribution < -0.4 is 16.9 Å². The summed E-state index contributed by atoms with van der Waals surface area (Å²) >= 11 is 0. The molecule has 6 nitrogen and oxygen atoms in total. The average Bonchev–Trinajstić information content (AvgIpc) is 2.27.